The van der Waals surface area contributed by atoms with Crippen LogP contribution in [-0.4, -0.2) is 139 Å². The Balaban J connectivity index is 1.01. The molecule has 3 aliphatic heterocycles. The van der Waals surface area contributed by atoms with Crippen LogP contribution < -0.4 is 0 Å². The van der Waals surface area contributed by atoms with Gasteiger partial charge in [0.05, 0.1) is 36.6 Å². The minimum Gasteiger partial charge on any atom is -0.458 e. The average molecular weight is 671 g/mol. The molecule has 0 bridgehead atoms. The van der Waals surface area contributed by atoms with E-state index >= 15 is 0 Å². The first-order valence-corrected chi connectivity index (χ1v) is 17.1. The van der Waals surface area contributed by atoms with E-state index in [1.807, 2.05) is 13.8 Å². The fraction of sp³-hybridized carbons (Fsp3) is 0.909. The highest BCUT2D eigenvalue weighted by Gasteiger charge is 2.72. The molecule has 14 nitrogen and oxygen atoms in total. The summed E-state index contributed by atoms with van der Waals surface area (Å²) in [6, 6.07) is 0. The van der Waals surface area contributed by atoms with Crippen molar-refractivity contribution < 1.29 is 69.3 Å². The summed E-state index contributed by atoms with van der Waals surface area (Å²) in [6.07, 6.45) is -7.10. The number of rotatable bonds is 5. The maximum atomic E-state index is 12.5. The second kappa shape index (κ2) is 11.9. The van der Waals surface area contributed by atoms with Gasteiger partial charge in [-0.3, -0.25) is 0 Å². The van der Waals surface area contributed by atoms with Gasteiger partial charge in [-0.15, -0.1) is 0 Å². The zero-order chi connectivity index (χ0) is 33.7. The number of hydrogen-bond acceptors (Lipinski definition) is 14. The molecule has 7 aliphatic rings. The van der Waals surface area contributed by atoms with E-state index in [0.717, 1.165) is 5.57 Å². The van der Waals surface area contributed by atoms with Crippen molar-refractivity contribution in [2.24, 2.45) is 28.6 Å². The Bertz CT molecular complexity index is 1250. The second-order valence-corrected chi connectivity index (χ2v) is 15.8. The lowest BCUT2D eigenvalue weighted by Gasteiger charge is -2.67. The first kappa shape index (κ1) is 34.2. The number of ether oxygens (including phenoxy) is 5. The Hall–Kier alpha value is -1.27. The molecule has 6 fully saturated rings. The minimum atomic E-state index is -1.57. The first-order valence-electron chi connectivity index (χ1n) is 17.1. The first-order chi connectivity index (χ1) is 22.1. The average Bonchev–Trinajstić information content (AvgIpc) is 3.56. The highest BCUT2D eigenvalue weighted by molar-refractivity contribution is 5.85. The largest absolute Gasteiger partial charge is 0.458 e. The maximum Gasteiger partial charge on any atom is 0.331 e. The van der Waals surface area contributed by atoms with E-state index in [1.165, 1.54) is 6.08 Å². The van der Waals surface area contributed by atoms with E-state index in [-0.39, 0.29) is 50.0 Å². The van der Waals surface area contributed by atoms with Gasteiger partial charge in [-0.2, -0.15) is 0 Å². The molecule has 0 aromatic rings. The van der Waals surface area contributed by atoms with Gasteiger partial charge in [0.25, 0.3) is 0 Å². The van der Waals surface area contributed by atoms with Crippen molar-refractivity contribution in [3.8, 4) is 0 Å². The lowest BCUT2D eigenvalue weighted by Crippen LogP contribution is -2.71. The molecule has 14 heteroatoms. The van der Waals surface area contributed by atoms with Gasteiger partial charge < -0.3 is 64.5 Å². The third-order valence-corrected chi connectivity index (χ3v) is 13.5. The number of cyclic esters (lactones) is 1. The van der Waals surface area contributed by atoms with Crippen molar-refractivity contribution >= 4 is 5.97 Å². The monoisotopic (exact) mass is 670 g/mol. The van der Waals surface area contributed by atoms with Gasteiger partial charge in [-0.1, -0.05) is 13.8 Å². The summed E-state index contributed by atoms with van der Waals surface area (Å²) in [5.74, 6) is -1.04. The second-order valence-electron chi connectivity index (χ2n) is 15.8. The molecular weight excluding hydrogens is 620 g/mol. The van der Waals surface area contributed by atoms with Crippen LogP contribution in [0.4, 0.5) is 0 Å². The van der Waals surface area contributed by atoms with E-state index in [1.54, 1.807) is 0 Å². The fourth-order valence-corrected chi connectivity index (χ4v) is 10.8. The van der Waals surface area contributed by atoms with E-state index in [2.05, 4.69) is 0 Å². The van der Waals surface area contributed by atoms with Crippen LogP contribution in [0.1, 0.15) is 65.2 Å². The molecule has 3 heterocycles. The van der Waals surface area contributed by atoms with E-state index in [4.69, 9.17) is 23.7 Å². The molecule has 17 atom stereocenters. The zero-order valence-corrected chi connectivity index (χ0v) is 26.9. The van der Waals surface area contributed by atoms with Gasteiger partial charge in [0, 0.05) is 23.3 Å². The van der Waals surface area contributed by atoms with Crippen LogP contribution in [0.15, 0.2) is 11.6 Å². The highest BCUT2D eigenvalue weighted by atomic mass is 16.7. The van der Waals surface area contributed by atoms with Gasteiger partial charge in [-0.25, -0.2) is 4.79 Å². The van der Waals surface area contributed by atoms with Gasteiger partial charge in [0.1, 0.15) is 43.2 Å². The lowest BCUT2D eigenvalue weighted by molar-refractivity contribution is -0.339. The van der Waals surface area contributed by atoms with Crippen LogP contribution in [0.25, 0.3) is 0 Å². The molecule has 47 heavy (non-hydrogen) atoms. The maximum absolute atomic E-state index is 12.5. The molecule has 4 aliphatic carbocycles. The minimum absolute atomic E-state index is 0.0747. The van der Waals surface area contributed by atoms with Crippen molar-refractivity contribution in [3.05, 3.63) is 11.6 Å². The highest BCUT2D eigenvalue weighted by Crippen LogP contribution is 2.70. The number of aliphatic hydroxyl groups is 8. The molecule has 7 rings (SSSR count). The van der Waals surface area contributed by atoms with Crippen molar-refractivity contribution in [2.45, 2.75) is 138 Å². The molecule has 2 saturated heterocycles. The number of carbonyl (C=O) groups excluding carboxylic acids is 1. The Labute approximate surface area is 273 Å². The summed E-state index contributed by atoms with van der Waals surface area (Å²) in [5.41, 5.74) is -2.78. The quantitative estimate of drug-likeness (QED) is 0.125. The molecule has 266 valence electrons. The zero-order valence-electron chi connectivity index (χ0n) is 26.9. The van der Waals surface area contributed by atoms with Gasteiger partial charge in [0.2, 0.25) is 0 Å². The van der Waals surface area contributed by atoms with Crippen molar-refractivity contribution in [1.29, 1.82) is 0 Å². The Morgan fingerprint density at radius 3 is 2.19 bits per heavy atom. The Morgan fingerprint density at radius 1 is 0.766 bits per heavy atom. The molecular formula is C33H50O14. The predicted molar refractivity (Wildman–Crippen MR) is 158 cm³/mol. The van der Waals surface area contributed by atoms with E-state index in [0.29, 0.717) is 44.9 Å². The van der Waals surface area contributed by atoms with E-state index < -0.39 is 83.4 Å². The smallest absolute Gasteiger partial charge is 0.331 e. The van der Waals surface area contributed by atoms with Gasteiger partial charge in [-0.05, 0) is 68.3 Å². The standard InChI is InChI=1S/C33H50O14/c1-30-6-3-16(46-28-27(40)25(38)21(14-45-28)47-29-26(39)24(37)20(35)13-44-29)10-32(30,41)7-4-18-23(30)19(34)11-31(2)17(5-8-33(18,31)42)15-9-22(36)43-12-15/h9,16-21,23-29,34-35,37-42H,3-8,10-14H2,1-2H3/t16-,17+,18+,19?,20+,21+,23+,24-,25-,26+,27+,28-,29-,30+,31+,32?,33-/m0/s1. The SMILES string of the molecule is C[C@]12CC[C@H](O[C@@H]3OC[C@@H](O[C@@H]4OC[C@@H](O)[C@H](O)[C@H]4O)[C@H](O)[C@H]3O)CC1(O)CC[C@@H]1[C@@H]2C(O)C[C@]2(C)[C@@H](C3=CC(=O)OC3)CC[C@]12O. The fourth-order valence-electron chi connectivity index (χ4n) is 10.8. The van der Waals surface area contributed by atoms with Crippen LogP contribution >= 0.6 is 0 Å². The lowest BCUT2D eigenvalue weighted by atomic mass is 9.41. The summed E-state index contributed by atoms with van der Waals surface area (Å²) in [7, 11) is 0. The van der Waals surface area contributed by atoms with Gasteiger partial charge >= 0.3 is 5.97 Å². The number of aliphatic hydroxyl groups excluding tert-OH is 6. The molecule has 0 aromatic carbocycles. The summed E-state index contributed by atoms with van der Waals surface area (Å²) < 4.78 is 27.9. The summed E-state index contributed by atoms with van der Waals surface area (Å²) in [5, 5.41) is 88.0. The third kappa shape index (κ3) is 5.17. The Morgan fingerprint density at radius 2 is 1.47 bits per heavy atom. The summed E-state index contributed by atoms with van der Waals surface area (Å²) >= 11 is 0. The summed E-state index contributed by atoms with van der Waals surface area (Å²) in [6.45, 7) is 3.75. The molecule has 0 spiro atoms. The normalized spacial score (nSPS) is 56.3. The molecule has 2 unspecified atom stereocenters. The molecule has 0 amide bonds. The topological polar surface area (TPSA) is 225 Å². The predicted octanol–water partition coefficient (Wildman–Crippen LogP) is -1.38. The molecule has 4 saturated carbocycles. The molecule has 8 N–H and O–H groups in total. The number of fused-ring (bicyclic) bond motifs is 5. The number of hydrogen-bond donors (Lipinski definition) is 8. The van der Waals surface area contributed by atoms with Crippen molar-refractivity contribution in [1.82, 2.24) is 0 Å². The third-order valence-electron chi connectivity index (χ3n) is 13.5. The van der Waals surface area contributed by atoms with Crippen LogP contribution in [0.2, 0.25) is 0 Å². The summed E-state index contributed by atoms with van der Waals surface area (Å²) in [4.78, 5) is 11.9. The van der Waals surface area contributed by atoms with Crippen LogP contribution in [0.5, 0.6) is 0 Å². The van der Waals surface area contributed by atoms with Crippen LogP contribution in [0.3, 0.4) is 0 Å². The van der Waals surface area contributed by atoms with Crippen LogP contribution in [-0.2, 0) is 28.5 Å². The number of esters is 1. The Kier molecular flexibility index (Phi) is 8.67. The van der Waals surface area contributed by atoms with Crippen molar-refractivity contribution in [2.75, 3.05) is 19.8 Å². The number of carbonyl (C=O) groups is 1. The van der Waals surface area contributed by atoms with Gasteiger partial charge in [0.15, 0.2) is 12.6 Å². The van der Waals surface area contributed by atoms with Crippen LogP contribution in [0, 0.1) is 28.6 Å². The molecule has 0 aromatic heterocycles. The van der Waals surface area contributed by atoms with Crippen molar-refractivity contribution in [3.63, 3.8) is 0 Å². The molecule has 0 radical (unpaired) electrons. The van der Waals surface area contributed by atoms with E-state index in [9.17, 15) is 45.6 Å².